The van der Waals surface area contributed by atoms with Gasteiger partial charge in [0.25, 0.3) is 0 Å². The topological polar surface area (TPSA) is 49.4 Å². The van der Waals surface area contributed by atoms with Crippen LogP contribution in [0.4, 0.5) is 0 Å². The molecule has 15 heavy (non-hydrogen) atoms. The summed E-state index contributed by atoms with van der Waals surface area (Å²) >= 11 is 0. The van der Waals surface area contributed by atoms with Crippen molar-refractivity contribution in [3.63, 3.8) is 0 Å². The quantitative estimate of drug-likeness (QED) is 0.678. The maximum absolute atomic E-state index is 11.8. The average molecular weight is 210 g/mol. The van der Waals surface area contributed by atoms with Crippen LogP contribution in [0.3, 0.4) is 0 Å². The predicted molar refractivity (Wildman–Crippen MR) is 56.0 cm³/mol. The number of fused-ring (bicyclic) bond motifs is 1. The zero-order chi connectivity index (χ0) is 11.2. The van der Waals surface area contributed by atoms with E-state index in [4.69, 9.17) is 0 Å². The summed E-state index contributed by atoms with van der Waals surface area (Å²) in [5.41, 5.74) is 0.429. The van der Waals surface area contributed by atoms with Crippen molar-refractivity contribution in [3.05, 3.63) is 0 Å². The van der Waals surface area contributed by atoms with Gasteiger partial charge in [-0.3, -0.25) is 9.59 Å². The molecule has 4 nitrogen and oxygen atoms in total. The number of piperidine rings is 1. The molecule has 4 heteroatoms. The molecule has 0 radical (unpaired) electrons. The second kappa shape index (κ2) is 3.22. The molecule has 0 unspecified atom stereocenters. The number of carbonyl (C=O) groups is 2. The summed E-state index contributed by atoms with van der Waals surface area (Å²) in [6.45, 7) is 7.98. The second-order valence-corrected chi connectivity index (χ2v) is 5.28. The first kappa shape index (κ1) is 10.5. The molecule has 2 rings (SSSR count). The molecule has 2 fully saturated rings. The zero-order valence-corrected chi connectivity index (χ0v) is 9.49. The van der Waals surface area contributed by atoms with Crippen molar-refractivity contribution in [1.82, 2.24) is 10.2 Å². The minimum atomic E-state index is -0.386. The summed E-state index contributed by atoms with van der Waals surface area (Å²) in [7, 11) is 0. The van der Waals surface area contributed by atoms with Gasteiger partial charge in [-0.1, -0.05) is 13.8 Å². The summed E-state index contributed by atoms with van der Waals surface area (Å²) in [6, 6.07) is -0.386. The van der Waals surface area contributed by atoms with Gasteiger partial charge in [0, 0.05) is 13.1 Å². The third-order valence-electron chi connectivity index (χ3n) is 4.12. The number of hydrogen-bond donors (Lipinski definition) is 1. The molecule has 1 aliphatic heterocycles. The number of carbonyl (C=O) groups excluding carboxylic acids is 2. The molecule has 3 atom stereocenters. The highest BCUT2D eigenvalue weighted by Crippen LogP contribution is 2.61. The smallest absolute Gasteiger partial charge is 0.244 e. The van der Waals surface area contributed by atoms with Gasteiger partial charge in [-0.25, -0.2) is 0 Å². The molecule has 1 saturated heterocycles. The Kier molecular flexibility index (Phi) is 2.24. The average Bonchev–Trinajstić information content (AvgIpc) is 2.60. The molecule has 2 amide bonds. The van der Waals surface area contributed by atoms with E-state index >= 15 is 0 Å². The highest BCUT2D eigenvalue weighted by molar-refractivity contribution is 5.83. The fourth-order valence-corrected chi connectivity index (χ4v) is 2.76. The van der Waals surface area contributed by atoms with Crippen LogP contribution >= 0.6 is 0 Å². The van der Waals surface area contributed by atoms with Crippen molar-refractivity contribution in [2.75, 3.05) is 13.1 Å². The van der Waals surface area contributed by atoms with E-state index in [0.717, 1.165) is 13.1 Å². The Morgan fingerprint density at radius 1 is 1.47 bits per heavy atom. The first-order chi connectivity index (χ1) is 6.98. The van der Waals surface area contributed by atoms with Crippen molar-refractivity contribution in [2.45, 2.75) is 26.8 Å². The van der Waals surface area contributed by atoms with Crippen molar-refractivity contribution in [1.29, 1.82) is 0 Å². The largest absolute Gasteiger partial charge is 0.347 e. The van der Waals surface area contributed by atoms with E-state index in [9.17, 15) is 9.59 Å². The molecular weight excluding hydrogens is 192 g/mol. The lowest BCUT2D eigenvalue weighted by Gasteiger charge is -2.24. The van der Waals surface area contributed by atoms with Crippen molar-refractivity contribution in [3.8, 4) is 0 Å². The van der Waals surface area contributed by atoms with E-state index in [0.29, 0.717) is 23.7 Å². The molecule has 0 bridgehead atoms. The maximum Gasteiger partial charge on any atom is 0.244 e. The lowest BCUT2D eigenvalue weighted by atomic mass is 10.1. The summed E-state index contributed by atoms with van der Waals surface area (Å²) in [4.78, 5) is 23.9. The van der Waals surface area contributed by atoms with Crippen LogP contribution in [0.2, 0.25) is 0 Å². The van der Waals surface area contributed by atoms with Crippen LogP contribution < -0.4 is 5.32 Å². The van der Waals surface area contributed by atoms with Gasteiger partial charge in [-0.2, -0.15) is 0 Å². The number of nitrogens with one attached hydrogen (secondary N) is 1. The van der Waals surface area contributed by atoms with Gasteiger partial charge in [0.1, 0.15) is 6.04 Å². The Balaban J connectivity index is 1.89. The number of likely N-dealkylation sites (tertiary alicyclic amines) is 1. The van der Waals surface area contributed by atoms with E-state index < -0.39 is 0 Å². The Morgan fingerprint density at radius 2 is 2.00 bits per heavy atom. The Labute approximate surface area is 90.0 Å². The highest BCUT2D eigenvalue weighted by Gasteiger charge is 2.62. The van der Waals surface area contributed by atoms with Crippen LogP contribution in [0.15, 0.2) is 0 Å². The number of hydrogen-bond acceptors (Lipinski definition) is 2. The van der Waals surface area contributed by atoms with Crippen molar-refractivity contribution < 1.29 is 9.59 Å². The fourth-order valence-electron chi connectivity index (χ4n) is 2.76. The van der Waals surface area contributed by atoms with Crippen LogP contribution in [0.25, 0.3) is 0 Å². The molecule has 0 aromatic carbocycles. The molecule has 1 heterocycles. The van der Waals surface area contributed by atoms with Gasteiger partial charge >= 0.3 is 0 Å². The fraction of sp³-hybridized carbons (Fsp3) is 0.818. The molecular formula is C11H18N2O2. The molecule has 0 spiro atoms. The summed E-state index contributed by atoms with van der Waals surface area (Å²) in [5, 5.41) is 2.50. The van der Waals surface area contributed by atoms with Gasteiger partial charge in [-0.05, 0) is 24.2 Å². The Morgan fingerprint density at radius 3 is 2.47 bits per heavy atom. The molecule has 1 N–H and O–H groups in total. The summed E-state index contributed by atoms with van der Waals surface area (Å²) in [6.07, 6.45) is 0.587. The Hall–Kier alpha value is -1.06. The molecule has 84 valence electrons. The lowest BCUT2D eigenvalue weighted by molar-refractivity contribution is -0.134. The van der Waals surface area contributed by atoms with Crippen LogP contribution in [-0.4, -0.2) is 36.3 Å². The zero-order valence-electron chi connectivity index (χ0n) is 9.49. The van der Waals surface area contributed by atoms with Gasteiger partial charge in [-0.15, -0.1) is 0 Å². The minimum Gasteiger partial charge on any atom is -0.347 e. The standard InChI is InChI=1S/C11H18N2O2/c1-7(12-6-14)10(15)13-4-8-9(5-13)11(8,2)3/h6-9H,4-5H2,1-3H3,(H,12,14)/t7-,8-,9+/m0/s1. The Bertz CT molecular complexity index is 287. The van der Waals surface area contributed by atoms with Crippen LogP contribution in [-0.2, 0) is 9.59 Å². The lowest BCUT2D eigenvalue weighted by Crippen LogP contribution is -2.44. The van der Waals surface area contributed by atoms with Gasteiger partial charge in [0.2, 0.25) is 12.3 Å². The number of rotatable bonds is 3. The van der Waals surface area contributed by atoms with Crippen LogP contribution in [0.1, 0.15) is 20.8 Å². The third-order valence-corrected chi connectivity index (χ3v) is 4.12. The highest BCUT2D eigenvalue weighted by atomic mass is 16.2. The summed E-state index contributed by atoms with van der Waals surface area (Å²) in [5.74, 6) is 1.39. The van der Waals surface area contributed by atoms with E-state index in [2.05, 4.69) is 19.2 Å². The maximum atomic E-state index is 11.8. The van der Waals surface area contributed by atoms with E-state index in [1.807, 2.05) is 4.90 Å². The van der Waals surface area contributed by atoms with Gasteiger partial charge in [0.05, 0.1) is 0 Å². The minimum absolute atomic E-state index is 0.0464. The van der Waals surface area contributed by atoms with Gasteiger partial charge in [0.15, 0.2) is 0 Å². The van der Waals surface area contributed by atoms with Crippen molar-refractivity contribution in [2.24, 2.45) is 17.3 Å². The molecule has 0 aromatic heterocycles. The van der Waals surface area contributed by atoms with E-state index in [1.165, 1.54) is 0 Å². The molecule has 0 aromatic rings. The van der Waals surface area contributed by atoms with Gasteiger partial charge < -0.3 is 10.2 Å². The monoisotopic (exact) mass is 210 g/mol. The van der Waals surface area contributed by atoms with E-state index in [-0.39, 0.29) is 11.9 Å². The molecule has 2 aliphatic rings. The normalized spacial score (nSPS) is 33.1. The summed E-state index contributed by atoms with van der Waals surface area (Å²) < 4.78 is 0. The molecule has 1 aliphatic carbocycles. The number of nitrogens with zero attached hydrogens (tertiary/aromatic N) is 1. The van der Waals surface area contributed by atoms with Crippen molar-refractivity contribution >= 4 is 12.3 Å². The third kappa shape index (κ3) is 1.52. The SMILES string of the molecule is C[C@H](NC=O)C(=O)N1C[C@@H]2[C@H](C1)C2(C)C. The first-order valence-corrected chi connectivity index (χ1v) is 5.47. The van der Waals surface area contributed by atoms with Crippen LogP contribution in [0.5, 0.6) is 0 Å². The predicted octanol–water partition coefficient (Wildman–Crippen LogP) is 0.235. The first-order valence-electron chi connectivity index (χ1n) is 5.47. The number of amides is 2. The van der Waals surface area contributed by atoms with Crippen LogP contribution in [0, 0.1) is 17.3 Å². The second-order valence-electron chi connectivity index (χ2n) is 5.28. The molecule has 1 saturated carbocycles. The van der Waals surface area contributed by atoms with E-state index in [1.54, 1.807) is 6.92 Å².